The van der Waals surface area contributed by atoms with E-state index < -0.39 is 27.3 Å². The molecule has 0 unspecified atom stereocenters. The summed E-state index contributed by atoms with van der Waals surface area (Å²) in [5.41, 5.74) is 3.24. The number of aromatic nitrogens is 1. The van der Waals surface area contributed by atoms with Crippen LogP contribution in [0.15, 0.2) is 53.1 Å². The number of esters is 1. The number of pyridine rings is 1. The monoisotopic (exact) mass is 623 g/mol. The molecule has 4 rings (SSSR count). The molecule has 0 aliphatic rings. The summed E-state index contributed by atoms with van der Waals surface area (Å²) in [4.78, 5) is 28.6. The van der Waals surface area contributed by atoms with Gasteiger partial charge in [0.2, 0.25) is 0 Å². The molecule has 0 aliphatic carbocycles. The van der Waals surface area contributed by atoms with Crippen molar-refractivity contribution in [1.29, 1.82) is 0 Å². The highest BCUT2D eigenvalue weighted by atomic mass is 32.2. The average Bonchev–Trinajstić information content (AvgIpc) is 3.37. The first kappa shape index (κ1) is 33.0. The number of ether oxygens (including phenoxy) is 3. The molecule has 0 fully saturated rings. The van der Waals surface area contributed by atoms with Crippen molar-refractivity contribution in [2.45, 2.75) is 65.4 Å². The molecule has 0 bridgehead atoms. The highest BCUT2D eigenvalue weighted by molar-refractivity contribution is 7.86. The number of rotatable bonds is 13. The Hall–Kier alpha value is -3.89. The summed E-state index contributed by atoms with van der Waals surface area (Å²) in [7, 11) is 0.401. The molecule has 0 spiro atoms. The van der Waals surface area contributed by atoms with Gasteiger partial charge in [0, 0.05) is 68.7 Å². The lowest BCUT2D eigenvalue weighted by Gasteiger charge is -2.17. The molecule has 0 radical (unpaired) electrons. The lowest BCUT2D eigenvalue weighted by Crippen LogP contribution is -2.25. The van der Waals surface area contributed by atoms with Crippen molar-refractivity contribution >= 4 is 33.5 Å². The topological polar surface area (TPSA) is 105 Å². The molecule has 0 aliphatic heterocycles. The Balaban J connectivity index is 1.72. The minimum atomic E-state index is -1.16. The predicted molar refractivity (Wildman–Crippen MR) is 168 cm³/mol. The third kappa shape index (κ3) is 7.98. The molecule has 2 aromatic heterocycles. The molecular weight excluding hydrogens is 585 g/mol. The van der Waals surface area contributed by atoms with Gasteiger partial charge in [-0.3, -0.25) is 18.8 Å². The smallest absolute Gasteiger partial charge is 0.310 e. The third-order valence-corrected chi connectivity index (χ3v) is 8.92. The normalized spacial score (nSPS) is 12.3. The fourth-order valence-electron chi connectivity index (χ4n) is 4.71. The van der Waals surface area contributed by atoms with Gasteiger partial charge in [0.05, 0.1) is 18.7 Å². The number of nitrogens with zero attached hydrogens (tertiary/aromatic N) is 1. The Morgan fingerprint density at radius 1 is 1.05 bits per heavy atom. The van der Waals surface area contributed by atoms with E-state index in [1.807, 2.05) is 32.9 Å². The second kappa shape index (κ2) is 14.3. The summed E-state index contributed by atoms with van der Waals surface area (Å²) in [5, 5.41) is 0.726. The number of aryl methyl sites for hydroxylation is 1. The standard InChI is InChI=1S/C34H38FNO7S/c1-7-41-31(38)18-24-9-8-23(21(2)37)17-30(24)42-19-22-14-25-16-26(20-40-6)43-33(25)28(15-22)27-10-12-36-29(32(27)35)11-13-44(39)34(3,4)5/h8-10,12,14-17H,7,11,13,18-20H2,1-6H3/t44-/m1/s1. The van der Waals surface area contributed by atoms with Crippen LogP contribution in [0.1, 0.15) is 67.6 Å². The average molecular weight is 624 g/mol. The number of halogens is 1. The lowest BCUT2D eigenvalue weighted by molar-refractivity contribution is -0.142. The summed E-state index contributed by atoms with van der Waals surface area (Å²) >= 11 is 0. The van der Waals surface area contributed by atoms with Crippen LogP contribution in [0.2, 0.25) is 0 Å². The minimum Gasteiger partial charge on any atom is -0.489 e. The van der Waals surface area contributed by atoms with Crippen LogP contribution in [-0.4, -0.2) is 45.2 Å². The molecule has 0 amide bonds. The summed E-state index contributed by atoms with van der Waals surface area (Å²) in [5.74, 6) is 0.184. The third-order valence-electron chi connectivity index (χ3n) is 6.98. The molecular formula is C34H38FNO7S. The summed E-state index contributed by atoms with van der Waals surface area (Å²) < 4.78 is 50.8. The van der Waals surface area contributed by atoms with Gasteiger partial charge < -0.3 is 18.6 Å². The molecule has 8 nitrogen and oxygen atoms in total. The van der Waals surface area contributed by atoms with Gasteiger partial charge in [-0.2, -0.15) is 0 Å². The first-order valence-corrected chi connectivity index (χ1v) is 15.7. The number of carbonyl (C=O) groups excluding carboxylic acids is 2. The van der Waals surface area contributed by atoms with Crippen molar-refractivity contribution in [2.24, 2.45) is 0 Å². The molecule has 1 atom stereocenters. The second-order valence-electron chi connectivity index (χ2n) is 11.4. The van der Waals surface area contributed by atoms with Crippen LogP contribution in [0, 0.1) is 5.82 Å². The zero-order valence-corrected chi connectivity index (χ0v) is 26.8. The van der Waals surface area contributed by atoms with Gasteiger partial charge in [0.1, 0.15) is 30.3 Å². The molecule has 10 heteroatoms. The fraction of sp³-hybridized carbons (Fsp3) is 0.382. The summed E-state index contributed by atoms with van der Waals surface area (Å²) in [6.07, 6.45) is 1.74. The number of hydrogen-bond acceptors (Lipinski definition) is 8. The number of fused-ring (bicyclic) bond motifs is 1. The molecule has 4 aromatic rings. The van der Waals surface area contributed by atoms with Crippen LogP contribution >= 0.6 is 0 Å². The lowest BCUT2D eigenvalue weighted by atomic mass is 9.99. The van der Waals surface area contributed by atoms with Crippen LogP contribution in [-0.2, 0) is 51.1 Å². The van der Waals surface area contributed by atoms with Crippen molar-refractivity contribution in [3.05, 3.63) is 82.6 Å². The Morgan fingerprint density at radius 3 is 2.50 bits per heavy atom. The maximum Gasteiger partial charge on any atom is 0.310 e. The van der Waals surface area contributed by atoms with Crippen LogP contribution < -0.4 is 4.74 Å². The molecule has 0 saturated heterocycles. The molecule has 0 N–H and O–H groups in total. The molecule has 2 aromatic carbocycles. The van der Waals surface area contributed by atoms with E-state index >= 15 is 4.39 Å². The molecule has 0 saturated carbocycles. The number of benzene rings is 2. The van der Waals surface area contributed by atoms with Gasteiger partial charge in [-0.1, -0.05) is 12.1 Å². The van der Waals surface area contributed by atoms with Crippen LogP contribution in [0.25, 0.3) is 22.1 Å². The van der Waals surface area contributed by atoms with E-state index in [4.69, 9.17) is 18.6 Å². The zero-order valence-electron chi connectivity index (χ0n) is 26.0. The maximum atomic E-state index is 16.0. The maximum absolute atomic E-state index is 16.0. The zero-order chi connectivity index (χ0) is 32.0. The van der Waals surface area contributed by atoms with Crippen LogP contribution in [0.4, 0.5) is 4.39 Å². The number of hydrogen-bond donors (Lipinski definition) is 0. The Bertz CT molecular complexity index is 1690. The highest BCUT2D eigenvalue weighted by Crippen LogP contribution is 2.35. The highest BCUT2D eigenvalue weighted by Gasteiger charge is 2.22. The van der Waals surface area contributed by atoms with Crippen LogP contribution in [0.5, 0.6) is 5.75 Å². The number of furan rings is 1. The van der Waals surface area contributed by atoms with Gasteiger partial charge in [-0.15, -0.1) is 0 Å². The van der Waals surface area contributed by atoms with Gasteiger partial charge in [-0.25, -0.2) is 4.39 Å². The van der Waals surface area contributed by atoms with Crippen molar-refractivity contribution in [1.82, 2.24) is 4.98 Å². The Labute approximate surface area is 259 Å². The fourth-order valence-corrected chi connectivity index (χ4v) is 5.70. The number of carbonyl (C=O) groups is 2. The van der Waals surface area contributed by atoms with E-state index in [9.17, 15) is 13.8 Å². The van der Waals surface area contributed by atoms with Gasteiger partial charge >= 0.3 is 5.97 Å². The first-order chi connectivity index (χ1) is 20.9. The van der Waals surface area contributed by atoms with Gasteiger partial charge in [-0.05, 0) is 70.5 Å². The summed E-state index contributed by atoms with van der Waals surface area (Å²) in [6, 6.07) is 12.0. The molecule has 234 valence electrons. The largest absolute Gasteiger partial charge is 0.489 e. The quantitative estimate of drug-likeness (QED) is 0.119. The van der Waals surface area contributed by atoms with E-state index in [1.165, 1.54) is 13.1 Å². The van der Waals surface area contributed by atoms with E-state index in [2.05, 4.69) is 4.98 Å². The van der Waals surface area contributed by atoms with Crippen molar-refractivity contribution in [3.8, 4) is 16.9 Å². The number of ketones is 1. The van der Waals surface area contributed by atoms with Gasteiger partial charge in [0.15, 0.2) is 11.6 Å². The van der Waals surface area contributed by atoms with E-state index in [-0.39, 0.29) is 49.9 Å². The molecule has 44 heavy (non-hydrogen) atoms. The summed E-state index contributed by atoms with van der Waals surface area (Å²) in [6.45, 7) is 9.40. The van der Waals surface area contributed by atoms with Crippen molar-refractivity contribution in [3.63, 3.8) is 0 Å². The SMILES string of the molecule is CCOC(=O)Cc1ccc(C(C)=O)cc1OCc1cc(-c2ccnc(CC[S@@](=O)C(C)(C)C)c2F)c2oc(COC)cc2c1. The van der Waals surface area contributed by atoms with Gasteiger partial charge in [0.25, 0.3) is 0 Å². The van der Waals surface area contributed by atoms with E-state index in [1.54, 1.807) is 44.4 Å². The van der Waals surface area contributed by atoms with E-state index in [0.29, 0.717) is 44.9 Å². The van der Waals surface area contributed by atoms with Crippen LogP contribution in [0.3, 0.4) is 0 Å². The Morgan fingerprint density at radius 2 is 1.82 bits per heavy atom. The number of methoxy groups -OCH3 is 1. The number of Topliss-reactive ketones (excluding diaryl/α,β-unsaturated/α-hetero) is 1. The second-order valence-corrected chi connectivity index (χ2v) is 13.7. The van der Waals surface area contributed by atoms with Crippen molar-refractivity contribution in [2.75, 3.05) is 19.5 Å². The molecule has 2 heterocycles. The first-order valence-electron chi connectivity index (χ1n) is 14.4. The predicted octanol–water partition coefficient (Wildman–Crippen LogP) is 6.76. The Kier molecular flexibility index (Phi) is 10.7. The van der Waals surface area contributed by atoms with Crippen molar-refractivity contribution < 1.29 is 36.8 Å². The minimum absolute atomic E-state index is 0.0151. The van der Waals surface area contributed by atoms with E-state index in [0.717, 1.165) is 5.39 Å².